The number of anilines is 4. The lowest BCUT2D eigenvalue weighted by Crippen LogP contribution is -2.46. The summed E-state index contributed by atoms with van der Waals surface area (Å²) in [5.41, 5.74) is 6.06. The van der Waals surface area contributed by atoms with Gasteiger partial charge < -0.3 is 25.0 Å². The van der Waals surface area contributed by atoms with Crippen LogP contribution in [0.15, 0.2) is 66.9 Å². The number of piperazine rings is 1. The first-order chi connectivity index (χ1) is 21.9. The molecule has 4 aromatic rings. The fourth-order valence-corrected chi connectivity index (χ4v) is 5.63. The van der Waals surface area contributed by atoms with Crippen LogP contribution in [0.2, 0.25) is 0 Å². The third-order valence-corrected chi connectivity index (χ3v) is 8.09. The second kappa shape index (κ2) is 14.9. The lowest BCUT2D eigenvalue weighted by molar-refractivity contribution is 0.102. The summed E-state index contributed by atoms with van der Waals surface area (Å²) in [4.78, 5) is 27.7. The van der Waals surface area contributed by atoms with Gasteiger partial charge in [0.25, 0.3) is 5.91 Å². The summed E-state index contributed by atoms with van der Waals surface area (Å²) in [6.45, 7) is 13.7. The Morgan fingerprint density at radius 3 is 2.31 bits per heavy atom. The van der Waals surface area contributed by atoms with Gasteiger partial charge in [0.15, 0.2) is 11.5 Å². The quantitative estimate of drug-likeness (QED) is 0.172. The van der Waals surface area contributed by atoms with E-state index < -0.39 is 0 Å². The highest BCUT2D eigenvalue weighted by Crippen LogP contribution is 2.34. The SMILES string of the molecule is CCCc1ccc(Oc2nc(Nc3ccc(N4CCN(CCC)CC4)cc3)ncc2C(=O)Nc2c(C)cccc2C)c(OC)c1. The number of hydrogen-bond acceptors (Lipinski definition) is 8. The number of carbonyl (C=O) groups excluding carboxylic acids is 1. The molecular formula is C36H44N6O3. The Kier molecular flexibility index (Phi) is 10.5. The molecule has 9 heteroatoms. The third-order valence-electron chi connectivity index (χ3n) is 8.09. The average molecular weight is 609 g/mol. The number of hydrogen-bond donors (Lipinski definition) is 2. The first-order valence-corrected chi connectivity index (χ1v) is 15.8. The van der Waals surface area contributed by atoms with E-state index in [-0.39, 0.29) is 17.4 Å². The number of nitrogens with one attached hydrogen (secondary N) is 2. The van der Waals surface area contributed by atoms with Gasteiger partial charge in [-0.15, -0.1) is 0 Å². The van der Waals surface area contributed by atoms with Crippen molar-refractivity contribution in [2.75, 3.05) is 55.4 Å². The van der Waals surface area contributed by atoms with Gasteiger partial charge in [0.2, 0.25) is 11.8 Å². The molecule has 0 aliphatic carbocycles. The number of nitrogens with zero attached hydrogens (tertiary/aromatic N) is 4. The zero-order valence-corrected chi connectivity index (χ0v) is 27.0. The fraction of sp³-hybridized carbons (Fsp3) is 0.361. The normalized spacial score (nSPS) is 13.4. The number of para-hydroxylation sites is 1. The molecule has 1 amide bonds. The summed E-state index contributed by atoms with van der Waals surface area (Å²) in [5, 5.41) is 6.31. The number of benzene rings is 3. The minimum Gasteiger partial charge on any atom is -0.493 e. The molecule has 0 saturated carbocycles. The second-order valence-electron chi connectivity index (χ2n) is 11.5. The molecule has 2 heterocycles. The molecule has 9 nitrogen and oxygen atoms in total. The molecule has 1 aliphatic rings. The molecule has 5 rings (SSSR count). The van der Waals surface area contributed by atoms with Crippen molar-refractivity contribution >= 4 is 28.9 Å². The summed E-state index contributed by atoms with van der Waals surface area (Å²) in [7, 11) is 1.61. The van der Waals surface area contributed by atoms with Gasteiger partial charge >= 0.3 is 0 Å². The van der Waals surface area contributed by atoms with Gasteiger partial charge in [-0.05, 0) is 86.3 Å². The molecule has 0 atom stereocenters. The summed E-state index contributed by atoms with van der Waals surface area (Å²) >= 11 is 0. The standard InChI is InChI=1S/C36H44N6O3/c1-6-9-27-12-17-31(32(23-27)44-5)45-35-30(34(43)39-33-25(3)10-8-11-26(33)4)24-37-36(40-35)38-28-13-15-29(16-14-28)42-21-19-41(18-7-2)20-22-42/h8,10-17,23-24H,6-7,9,18-22H2,1-5H3,(H,39,43)(H,37,38,40). The largest absolute Gasteiger partial charge is 0.493 e. The Hall–Kier alpha value is -4.63. The van der Waals surface area contributed by atoms with Crippen LogP contribution in [-0.4, -0.2) is 60.6 Å². The predicted molar refractivity (Wildman–Crippen MR) is 182 cm³/mol. The van der Waals surface area contributed by atoms with E-state index in [4.69, 9.17) is 9.47 Å². The first-order valence-electron chi connectivity index (χ1n) is 15.8. The number of rotatable bonds is 12. The van der Waals surface area contributed by atoms with Crippen molar-refractivity contribution in [2.24, 2.45) is 0 Å². The minimum absolute atomic E-state index is 0.124. The van der Waals surface area contributed by atoms with Crippen molar-refractivity contribution in [3.8, 4) is 17.4 Å². The Morgan fingerprint density at radius 1 is 0.911 bits per heavy atom. The van der Waals surface area contributed by atoms with E-state index in [0.29, 0.717) is 17.4 Å². The van der Waals surface area contributed by atoms with Crippen molar-refractivity contribution in [3.63, 3.8) is 0 Å². The Bertz CT molecular complexity index is 1580. The average Bonchev–Trinajstić information content (AvgIpc) is 3.05. The molecule has 0 bridgehead atoms. The second-order valence-corrected chi connectivity index (χ2v) is 11.5. The highest BCUT2D eigenvalue weighted by atomic mass is 16.5. The monoisotopic (exact) mass is 608 g/mol. The van der Waals surface area contributed by atoms with Gasteiger partial charge in [-0.25, -0.2) is 4.98 Å². The van der Waals surface area contributed by atoms with Crippen molar-refractivity contribution < 1.29 is 14.3 Å². The van der Waals surface area contributed by atoms with Crippen molar-refractivity contribution in [1.29, 1.82) is 0 Å². The van der Waals surface area contributed by atoms with E-state index in [2.05, 4.69) is 56.4 Å². The number of carbonyl (C=O) groups is 1. The number of ether oxygens (including phenoxy) is 2. The number of aromatic nitrogens is 2. The van der Waals surface area contributed by atoms with Gasteiger partial charge in [0.1, 0.15) is 5.56 Å². The molecule has 3 aromatic carbocycles. The van der Waals surface area contributed by atoms with Gasteiger partial charge in [-0.1, -0.05) is 44.5 Å². The zero-order valence-electron chi connectivity index (χ0n) is 27.0. The van der Waals surface area contributed by atoms with Gasteiger partial charge in [-0.2, -0.15) is 4.98 Å². The summed E-state index contributed by atoms with van der Waals surface area (Å²) in [6.07, 6.45) is 4.63. The van der Waals surface area contributed by atoms with Gasteiger partial charge in [0.05, 0.1) is 7.11 Å². The number of amides is 1. The first kappa shape index (κ1) is 31.8. The molecular weight excluding hydrogens is 564 g/mol. The Labute approximate surface area is 266 Å². The van der Waals surface area contributed by atoms with E-state index in [1.165, 1.54) is 18.3 Å². The molecule has 1 saturated heterocycles. The van der Waals surface area contributed by atoms with Crippen LogP contribution in [0.5, 0.6) is 17.4 Å². The smallest absolute Gasteiger partial charge is 0.262 e. The lowest BCUT2D eigenvalue weighted by Gasteiger charge is -2.36. The van der Waals surface area contributed by atoms with Crippen LogP contribution >= 0.6 is 0 Å². The third kappa shape index (κ3) is 7.91. The summed E-state index contributed by atoms with van der Waals surface area (Å²) < 4.78 is 11.9. The molecule has 1 aliphatic heterocycles. The van der Waals surface area contributed by atoms with E-state index in [9.17, 15) is 4.79 Å². The van der Waals surface area contributed by atoms with Crippen molar-refractivity contribution in [2.45, 2.75) is 47.0 Å². The Balaban J connectivity index is 1.39. The van der Waals surface area contributed by atoms with Crippen molar-refractivity contribution in [3.05, 3.63) is 89.1 Å². The van der Waals surface area contributed by atoms with Crippen LogP contribution in [0.4, 0.5) is 23.0 Å². The molecule has 1 fully saturated rings. The molecule has 45 heavy (non-hydrogen) atoms. The van der Waals surface area contributed by atoms with E-state index in [1.54, 1.807) is 7.11 Å². The number of aryl methyl sites for hydroxylation is 3. The summed E-state index contributed by atoms with van der Waals surface area (Å²) in [5.74, 6) is 1.11. The maximum absolute atomic E-state index is 13.6. The van der Waals surface area contributed by atoms with Crippen LogP contribution in [-0.2, 0) is 6.42 Å². The maximum Gasteiger partial charge on any atom is 0.262 e. The highest BCUT2D eigenvalue weighted by Gasteiger charge is 2.21. The van der Waals surface area contributed by atoms with Crippen LogP contribution in [0.3, 0.4) is 0 Å². The predicted octanol–water partition coefficient (Wildman–Crippen LogP) is 7.37. The molecule has 0 unspecified atom stereocenters. The van der Waals surface area contributed by atoms with E-state index in [0.717, 1.165) is 73.6 Å². The number of methoxy groups -OCH3 is 1. The van der Waals surface area contributed by atoms with Gasteiger partial charge in [0, 0.05) is 49.4 Å². The summed E-state index contributed by atoms with van der Waals surface area (Å²) in [6, 6.07) is 20.0. The van der Waals surface area contributed by atoms with E-state index in [1.807, 2.05) is 62.4 Å². The lowest BCUT2D eigenvalue weighted by atomic mass is 10.1. The highest BCUT2D eigenvalue weighted by molar-refractivity contribution is 6.06. The molecule has 1 aromatic heterocycles. The maximum atomic E-state index is 13.6. The Morgan fingerprint density at radius 2 is 1.64 bits per heavy atom. The van der Waals surface area contributed by atoms with Crippen molar-refractivity contribution in [1.82, 2.24) is 14.9 Å². The molecule has 2 N–H and O–H groups in total. The minimum atomic E-state index is -0.362. The molecule has 236 valence electrons. The van der Waals surface area contributed by atoms with Crippen LogP contribution in [0.1, 0.15) is 53.7 Å². The van der Waals surface area contributed by atoms with Gasteiger partial charge in [-0.3, -0.25) is 9.69 Å². The molecule has 0 spiro atoms. The fourth-order valence-electron chi connectivity index (χ4n) is 5.63. The van der Waals surface area contributed by atoms with Crippen LogP contribution < -0.4 is 25.0 Å². The van der Waals surface area contributed by atoms with E-state index >= 15 is 0 Å². The van der Waals surface area contributed by atoms with Crippen LogP contribution in [0, 0.1) is 13.8 Å². The topological polar surface area (TPSA) is 91.9 Å². The zero-order chi connectivity index (χ0) is 31.8. The van der Waals surface area contributed by atoms with Crippen LogP contribution in [0.25, 0.3) is 0 Å². The molecule has 0 radical (unpaired) electrons.